The molecule has 128 valence electrons. The minimum atomic E-state index is -0.308. The van der Waals surface area contributed by atoms with Crippen molar-refractivity contribution < 1.29 is 19.1 Å². The normalized spacial score (nSPS) is 18.8. The second-order valence-electron chi connectivity index (χ2n) is 6.31. The number of hydrogen-bond donors (Lipinski definition) is 0. The Hall–Kier alpha value is -2.82. The maximum atomic E-state index is 13.1. The van der Waals surface area contributed by atoms with Crippen molar-refractivity contribution >= 4 is 11.8 Å². The van der Waals surface area contributed by atoms with Crippen molar-refractivity contribution in [2.75, 3.05) is 14.2 Å². The van der Waals surface area contributed by atoms with E-state index in [1.54, 1.807) is 12.1 Å². The van der Waals surface area contributed by atoms with Crippen LogP contribution in [0.4, 0.5) is 0 Å². The average molecular weight is 337 g/mol. The molecular weight excluding hydrogens is 318 g/mol. The lowest BCUT2D eigenvalue weighted by Gasteiger charge is -2.31. The molecule has 0 saturated carbocycles. The lowest BCUT2D eigenvalue weighted by Crippen LogP contribution is -2.36. The number of imide groups is 1. The zero-order valence-corrected chi connectivity index (χ0v) is 14.2. The third-order valence-electron chi connectivity index (χ3n) is 5.08. The third-order valence-corrected chi connectivity index (χ3v) is 5.08. The van der Waals surface area contributed by atoms with E-state index in [1.165, 1.54) is 24.7 Å². The van der Waals surface area contributed by atoms with Crippen LogP contribution in [0.5, 0.6) is 11.5 Å². The van der Waals surface area contributed by atoms with Gasteiger partial charge in [0.1, 0.15) is 0 Å². The lowest BCUT2D eigenvalue weighted by molar-refractivity contribution is 0.0565. The molecule has 1 atom stereocenters. The summed E-state index contributed by atoms with van der Waals surface area (Å²) >= 11 is 0. The standard InChI is InChI=1S/C20H19NO4/c1-24-16-11-10-14-17(18(16)25-2)20(23)21(19(14)22)15-9-5-7-12-6-3-4-8-13(12)15/h3-4,6,8,10-11,15H,5,7,9H2,1-2H3. The fraction of sp³-hybridized carbons (Fsp3) is 0.300. The number of amides is 2. The van der Waals surface area contributed by atoms with Crippen LogP contribution in [0.2, 0.25) is 0 Å². The molecule has 2 aromatic rings. The predicted octanol–water partition coefficient (Wildman–Crippen LogP) is 3.38. The van der Waals surface area contributed by atoms with Crippen LogP contribution in [0.15, 0.2) is 36.4 Å². The van der Waals surface area contributed by atoms with Crippen LogP contribution in [0.25, 0.3) is 0 Å². The summed E-state index contributed by atoms with van der Waals surface area (Å²) in [4.78, 5) is 27.5. The van der Waals surface area contributed by atoms with Gasteiger partial charge in [-0.3, -0.25) is 14.5 Å². The molecule has 0 spiro atoms. The monoisotopic (exact) mass is 337 g/mol. The maximum absolute atomic E-state index is 13.1. The molecule has 0 aromatic heterocycles. The summed E-state index contributed by atoms with van der Waals surface area (Å²) in [6, 6.07) is 11.1. The van der Waals surface area contributed by atoms with Gasteiger partial charge in [0.2, 0.25) is 0 Å². The van der Waals surface area contributed by atoms with Gasteiger partial charge in [-0.05, 0) is 42.5 Å². The minimum Gasteiger partial charge on any atom is -0.493 e. The Bertz CT molecular complexity index is 874. The zero-order chi connectivity index (χ0) is 17.6. The highest BCUT2D eigenvalue weighted by Crippen LogP contribution is 2.43. The third kappa shape index (κ3) is 2.22. The van der Waals surface area contributed by atoms with Gasteiger partial charge >= 0.3 is 0 Å². The molecule has 0 bridgehead atoms. The topological polar surface area (TPSA) is 55.8 Å². The second-order valence-corrected chi connectivity index (χ2v) is 6.31. The smallest absolute Gasteiger partial charge is 0.266 e. The molecule has 4 rings (SSSR count). The van der Waals surface area contributed by atoms with E-state index in [1.807, 2.05) is 18.2 Å². The van der Waals surface area contributed by atoms with E-state index < -0.39 is 0 Å². The van der Waals surface area contributed by atoms with Crippen molar-refractivity contribution in [3.8, 4) is 11.5 Å². The molecule has 2 aromatic carbocycles. The van der Waals surface area contributed by atoms with E-state index >= 15 is 0 Å². The van der Waals surface area contributed by atoms with E-state index in [4.69, 9.17) is 9.47 Å². The van der Waals surface area contributed by atoms with Crippen molar-refractivity contribution in [2.45, 2.75) is 25.3 Å². The molecular formula is C20H19NO4. The van der Waals surface area contributed by atoms with Crippen molar-refractivity contribution in [1.82, 2.24) is 4.90 Å². The van der Waals surface area contributed by atoms with Gasteiger partial charge in [0.15, 0.2) is 11.5 Å². The van der Waals surface area contributed by atoms with Crippen LogP contribution in [-0.4, -0.2) is 30.9 Å². The summed E-state index contributed by atoms with van der Waals surface area (Å²) in [6.45, 7) is 0. The Labute approximate surface area is 146 Å². The quantitative estimate of drug-likeness (QED) is 0.806. The highest BCUT2D eigenvalue weighted by Gasteiger charge is 2.44. The first-order valence-corrected chi connectivity index (χ1v) is 8.38. The maximum Gasteiger partial charge on any atom is 0.266 e. The number of aryl methyl sites for hydroxylation is 1. The SMILES string of the molecule is COc1ccc2c(c1OC)C(=O)N(C1CCCc3ccccc31)C2=O. The number of benzene rings is 2. The van der Waals surface area contributed by atoms with E-state index in [0.717, 1.165) is 24.8 Å². The van der Waals surface area contributed by atoms with Gasteiger partial charge in [0, 0.05) is 0 Å². The van der Waals surface area contributed by atoms with Gasteiger partial charge in [0.05, 0.1) is 31.4 Å². The summed E-state index contributed by atoms with van der Waals surface area (Å²) in [7, 11) is 3.00. The molecule has 0 N–H and O–H groups in total. The molecule has 25 heavy (non-hydrogen) atoms. The van der Waals surface area contributed by atoms with Crippen LogP contribution in [0, 0.1) is 0 Å². The van der Waals surface area contributed by atoms with E-state index in [9.17, 15) is 9.59 Å². The Morgan fingerprint density at radius 2 is 1.80 bits per heavy atom. The molecule has 0 fully saturated rings. The number of carbonyl (C=O) groups excluding carboxylic acids is 2. The summed E-state index contributed by atoms with van der Waals surface area (Å²) < 4.78 is 10.7. The molecule has 2 aliphatic rings. The Kier molecular flexibility index (Phi) is 3.71. The van der Waals surface area contributed by atoms with Crippen molar-refractivity contribution in [1.29, 1.82) is 0 Å². The number of hydrogen-bond acceptors (Lipinski definition) is 4. The van der Waals surface area contributed by atoms with Crippen LogP contribution < -0.4 is 9.47 Å². The first-order chi connectivity index (χ1) is 12.2. The average Bonchev–Trinajstić information content (AvgIpc) is 2.91. The van der Waals surface area contributed by atoms with Gasteiger partial charge in [-0.15, -0.1) is 0 Å². The Balaban J connectivity index is 1.82. The number of methoxy groups -OCH3 is 2. The Morgan fingerprint density at radius 1 is 1.00 bits per heavy atom. The molecule has 1 aliphatic carbocycles. The summed E-state index contributed by atoms with van der Waals surface area (Å²) in [6.07, 6.45) is 2.71. The number of fused-ring (bicyclic) bond motifs is 2. The van der Waals surface area contributed by atoms with E-state index in [0.29, 0.717) is 22.6 Å². The fourth-order valence-corrected chi connectivity index (χ4v) is 3.94. The summed E-state index contributed by atoms with van der Waals surface area (Å²) in [5.41, 5.74) is 2.95. The Morgan fingerprint density at radius 3 is 2.56 bits per heavy atom. The van der Waals surface area contributed by atoms with Crippen molar-refractivity contribution in [3.63, 3.8) is 0 Å². The molecule has 0 radical (unpaired) electrons. The lowest BCUT2D eigenvalue weighted by atomic mass is 9.87. The molecule has 1 heterocycles. The van der Waals surface area contributed by atoms with E-state index in [-0.39, 0.29) is 17.9 Å². The number of ether oxygens (including phenoxy) is 2. The molecule has 1 unspecified atom stereocenters. The van der Waals surface area contributed by atoms with Crippen molar-refractivity contribution in [2.24, 2.45) is 0 Å². The largest absolute Gasteiger partial charge is 0.493 e. The first-order valence-electron chi connectivity index (χ1n) is 8.38. The second kappa shape index (κ2) is 5.92. The molecule has 0 saturated heterocycles. The predicted molar refractivity (Wildman–Crippen MR) is 92.2 cm³/mol. The molecule has 5 heteroatoms. The summed E-state index contributed by atoms with van der Waals surface area (Å²) in [5.74, 6) is 0.207. The molecule has 1 aliphatic heterocycles. The number of rotatable bonds is 3. The minimum absolute atomic E-state index is 0.229. The first kappa shape index (κ1) is 15.7. The highest BCUT2D eigenvalue weighted by atomic mass is 16.5. The zero-order valence-electron chi connectivity index (χ0n) is 14.2. The van der Waals surface area contributed by atoms with Crippen molar-refractivity contribution in [3.05, 3.63) is 58.7 Å². The highest BCUT2D eigenvalue weighted by molar-refractivity contribution is 6.23. The summed E-state index contributed by atoms with van der Waals surface area (Å²) in [5, 5.41) is 0. The van der Waals surface area contributed by atoms with Crippen LogP contribution in [0.1, 0.15) is 50.7 Å². The van der Waals surface area contributed by atoms with Gasteiger partial charge in [-0.1, -0.05) is 24.3 Å². The van der Waals surface area contributed by atoms with Crippen LogP contribution in [-0.2, 0) is 6.42 Å². The van der Waals surface area contributed by atoms with Gasteiger partial charge in [-0.25, -0.2) is 0 Å². The van der Waals surface area contributed by atoms with Crippen LogP contribution in [0.3, 0.4) is 0 Å². The van der Waals surface area contributed by atoms with Gasteiger partial charge in [0.25, 0.3) is 11.8 Å². The van der Waals surface area contributed by atoms with Gasteiger partial charge < -0.3 is 9.47 Å². The molecule has 2 amide bonds. The van der Waals surface area contributed by atoms with Gasteiger partial charge in [-0.2, -0.15) is 0 Å². The van der Waals surface area contributed by atoms with E-state index in [2.05, 4.69) is 6.07 Å². The number of carbonyl (C=O) groups is 2. The van der Waals surface area contributed by atoms with Crippen LogP contribution >= 0.6 is 0 Å². The molecule has 5 nitrogen and oxygen atoms in total. The fourth-order valence-electron chi connectivity index (χ4n) is 3.94. The number of nitrogens with zero attached hydrogens (tertiary/aromatic N) is 1.